The number of hydrogen-bond acceptors (Lipinski definition) is 6. The van der Waals surface area contributed by atoms with E-state index in [2.05, 4.69) is 16.8 Å². The summed E-state index contributed by atoms with van der Waals surface area (Å²) in [5, 5.41) is 8.76. The Bertz CT molecular complexity index is 925. The van der Waals surface area contributed by atoms with E-state index in [9.17, 15) is 13.2 Å². The second-order valence-electron chi connectivity index (χ2n) is 5.36. The molecule has 0 aliphatic heterocycles. The van der Waals surface area contributed by atoms with Gasteiger partial charge in [0.15, 0.2) is 0 Å². The standard InChI is InChI=1S/C18H19N3O5S.ClH/c1-2-3-11-26-16-6-8-17(9-7-16)27(24,25)21(14-18(22)20-23)13-15-5-4-10-19-12-15;/h4-10,12,23H,11,13-14H2,1H3,(H,20,22);1H. The molecule has 0 atom stereocenters. The molecule has 2 N–H and O–H groups in total. The molecule has 0 fully saturated rings. The molecule has 8 nitrogen and oxygen atoms in total. The fourth-order valence-electron chi connectivity index (χ4n) is 2.17. The number of carbonyl (C=O) groups excluding carboxylic acids is 1. The first kappa shape index (κ1) is 23.4. The Hall–Kier alpha value is -2.64. The van der Waals surface area contributed by atoms with Crippen LogP contribution in [0.3, 0.4) is 0 Å². The summed E-state index contributed by atoms with van der Waals surface area (Å²) in [6.45, 7) is 1.27. The number of rotatable bonds is 8. The van der Waals surface area contributed by atoms with Crippen LogP contribution in [0.15, 0.2) is 53.7 Å². The van der Waals surface area contributed by atoms with Crippen molar-refractivity contribution < 1.29 is 23.2 Å². The van der Waals surface area contributed by atoms with E-state index in [0.29, 0.717) is 11.3 Å². The molecule has 28 heavy (non-hydrogen) atoms. The van der Waals surface area contributed by atoms with Crippen molar-refractivity contribution in [3.8, 4) is 17.6 Å². The van der Waals surface area contributed by atoms with Crippen LogP contribution in [0.5, 0.6) is 5.75 Å². The number of amides is 1. The highest BCUT2D eigenvalue weighted by atomic mass is 35.5. The lowest BCUT2D eigenvalue weighted by Gasteiger charge is -2.21. The van der Waals surface area contributed by atoms with Gasteiger partial charge in [0.1, 0.15) is 12.4 Å². The van der Waals surface area contributed by atoms with Crippen molar-refractivity contribution >= 4 is 28.3 Å². The minimum Gasteiger partial charge on any atom is -0.481 e. The van der Waals surface area contributed by atoms with E-state index >= 15 is 0 Å². The number of hydroxylamine groups is 1. The smallest absolute Gasteiger partial charge is 0.258 e. The summed E-state index contributed by atoms with van der Waals surface area (Å²) in [7, 11) is -4.00. The van der Waals surface area contributed by atoms with Gasteiger partial charge in [-0.1, -0.05) is 12.0 Å². The molecule has 10 heteroatoms. The fourth-order valence-corrected chi connectivity index (χ4v) is 3.55. The lowest BCUT2D eigenvalue weighted by atomic mass is 10.3. The van der Waals surface area contributed by atoms with E-state index in [1.165, 1.54) is 35.9 Å². The first-order valence-corrected chi connectivity index (χ1v) is 9.36. The second-order valence-corrected chi connectivity index (χ2v) is 7.29. The average molecular weight is 426 g/mol. The van der Waals surface area contributed by atoms with Gasteiger partial charge in [0.2, 0.25) is 10.0 Å². The van der Waals surface area contributed by atoms with E-state index in [0.717, 1.165) is 4.31 Å². The number of benzene rings is 1. The molecule has 1 heterocycles. The SMILES string of the molecule is CC#CCOc1ccc(S(=O)(=O)N(CC(=O)NO)Cc2cccnc2)cc1.Cl. The summed E-state index contributed by atoms with van der Waals surface area (Å²) < 4.78 is 32.2. The summed E-state index contributed by atoms with van der Waals surface area (Å²) in [4.78, 5) is 15.5. The summed E-state index contributed by atoms with van der Waals surface area (Å²) in [5.74, 6) is 5.07. The largest absolute Gasteiger partial charge is 0.481 e. The molecule has 1 aromatic heterocycles. The lowest BCUT2D eigenvalue weighted by Crippen LogP contribution is -2.39. The van der Waals surface area contributed by atoms with Gasteiger partial charge in [-0.3, -0.25) is 15.0 Å². The van der Waals surface area contributed by atoms with Gasteiger partial charge in [-0.05, 0) is 42.8 Å². The molecule has 0 aliphatic carbocycles. The van der Waals surface area contributed by atoms with Crippen LogP contribution in [-0.4, -0.2) is 42.0 Å². The predicted octanol–water partition coefficient (Wildman–Crippen LogP) is 1.60. The van der Waals surface area contributed by atoms with E-state index < -0.39 is 22.5 Å². The molecular formula is C18H20ClN3O5S. The highest BCUT2D eigenvalue weighted by Gasteiger charge is 2.27. The summed E-state index contributed by atoms with van der Waals surface area (Å²) >= 11 is 0. The van der Waals surface area contributed by atoms with Crippen LogP contribution in [-0.2, 0) is 21.4 Å². The third kappa shape index (κ3) is 6.51. The van der Waals surface area contributed by atoms with Crippen molar-refractivity contribution in [2.45, 2.75) is 18.4 Å². The van der Waals surface area contributed by atoms with Crippen LogP contribution >= 0.6 is 12.4 Å². The molecule has 1 aromatic carbocycles. The molecular weight excluding hydrogens is 406 g/mol. The molecule has 2 rings (SSSR count). The number of hydrogen-bond donors (Lipinski definition) is 2. The Balaban J connectivity index is 0.00000392. The maximum absolute atomic E-state index is 12.9. The lowest BCUT2D eigenvalue weighted by molar-refractivity contribution is -0.129. The Morgan fingerprint density at radius 2 is 2.00 bits per heavy atom. The van der Waals surface area contributed by atoms with Crippen molar-refractivity contribution in [1.82, 2.24) is 14.8 Å². The van der Waals surface area contributed by atoms with Crippen molar-refractivity contribution in [3.63, 3.8) is 0 Å². The zero-order valence-corrected chi connectivity index (χ0v) is 16.7. The van der Waals surface area contributed by atoms with Crippen LogP contribution in [0.25, 0.3) is 0 Å². The zero-order chi connectivity index (χ0) is 19.7. The first-order valence-electron chi connectivity index (χ1n) is 7.92. The monoisotopic (exact) mass is 425 g/mol. The Kier molecular flexibility index (Phi) is 9.41. The van der Waals surface area contributed by atoms with Crippen molar-refractivity contribution in [3.05, 3.63) is 54.4 Å². The number of pyridine rings is 1. The minimum absolute atomic E-state index is 0. The Labute approximate surface area is 170 Å². The van der Waals surface area contributed by atoms with Crippen LogP contribution in [0.4, 0.5) is 0 Å². The molecule has 2 aromatic rings. The molecule has 0 unspecified atom stereocenters. The van der Waals surface area contributed by atoms with Gasteiger partial charge in [-0.2, -0.15) is 4.31 Å². The number of nitrogens with one attached hydrogen (secondary N) is 1. The van der Waals surface area contributed by atoms with Gasteiger partial charge in [0, 0.05) is 18.9 Å². The fraction of sp³-hybridized carbons (Fsp3) is 0.222. The second kappa shape index (κ2) is 11.3. The highest BCUT2D eigenvalue weighted by Crippen LogP contribution is 2.21. The van der Waals surface area contributed by atoms with Gasteiger partial charge < -0.3 is 4.74 Å². The van der Waals surface area contributed by atoms with E-state index in [4.69, 9.17) is 9.94 Å². The predicted molar refractivity (Wildman–Crippen MR) is 104 cm³/mol. The number of nitrogens with zero attached hydrogens (tertiary/aromatic N) is 2. The summed E-state index contributed by atoms with van der Waals surface area (Å²) in [6.07, 6.45) is 3.06. The van der Waals surface area contributed by atoms with E-state index in [1.54, 1.807) is 25.3 Å². The van der Waals surface area contributed by atoms with Gasteiger partial charge in [-0.25, -0.2) is 13.9 Å². The molecule has 0 bridgehead atoms. The molecule has 0 aliphatic rings. The zero-order valence-electron chi connectivity index (χ0n) is 15.0. The maximum atomic E-state index is 12.9. The first-order chi connectivity index (χ1) is 13.0. The number of ether oxygens (including phenoxy) is 1. The van der Waals surface area contributed by atoms with Crippen LogP contribution in [0.2, 0.25) is 0 Å². The summed E-state index contributed by atoms with van der Waals surface area (Å²) in [5.41, 5.74) is 2.05. The van der Waals surface area contributed by atoms with Gasteiger partial charge >= 0.3 is 0 Å². The third-order valence-electron chi connectivity index (χ3n) is 3.48. The molecule has 0 saturated carbocycles. The molecule has 150 valence electrons. The molecule has 1 amide bonds. The number of carbonyl (C=O) groups is 1. The normalized spacial score (nSPS) is 10.4. The van der Waals surface area contributed by atoms with Crippen LogP contribution in [0.1, 0.15) is 12.5 Å². The topological polar surface area (TPSA) is 109 Å². The van der Waals surface area contributed by atoms with Crippen molar-refractivity contribution in [2.75, 3.05) is 13.2 Å². The number of halogens is 1. The third-order valence-corrected chi connectivity index (χ3v) is 5.28. The Morgan fingerprint density at radius 3 is 2.57 bits per heavy atom. The van der Waals surface area contributed by atoms with Gasteiger partial charge in [0.05, 0.1) is 11.4 Å². The Morgan fingerprint density at radius 1 is 1.29 bits per heavy atom. The van der Waals surface area contributed by atoms with Gasteiger partial charge in [-0.15, -0.1) is 18.3 Å². The maximum Gasteiger partial charge on any atom is 0.258 e. The number of sulfonamides is 1. The van der Waals surface area contributed by atoms with Crippen molar-refractivity contribution in [2.24, 2.45) is 0 Å². The average Bonchev–Trinajstić information content (AvgIpc) is 2.68. The summed E-state index contributed by atoms with van der Waals surface area (Å²) in [6, 6.07) is 9.15. The van der Waals surface area contributed by atoms with E-state index in [-0.39, 0.29) is 30.5 Å². The van der Waals surface area contributed by atoms with Crippen LogP contribution in [0, 0.1) is 11.8 Å². The van der Waals surface area contributed by atoms with Crippen molar-refractivity contribution in [1.29, 1.82) is 0 Å². The molecule has 0 spiro atoms. The molecule has 0 saturated heterocycles. The quantitative estimate of drug-likeness (QED) is 0.378. The highest BCUT2D eigenvalue weighted by molar-refractivity contribution is 7.89. The minimum atomic E-state index is -4.00. The van der Waals surface area contributed by atoms with Crippen LogP contribution < -0.4 is 10.2 Å². The number of aromatic nitrogens is 1. The van der Waals surface area contributed by atoms with E-state index in [1.807, 2.05) is 0 Å². The van der Waals surface area contributed by atoms with Gasteiger partial charge in [0.25, 0.3) is 5.91 Å². The molecule has 0 radical (unpaired) electrons.